The second-order valence-corrected chi connectivity index (χ2v) is 10.7. The number of amides is 2. The molecule has 38 heavy (non-hydrogen) atoms. The monoisotopic (exact) mass is 565 g/mol. The third-order valence-corrected chi connectivity index (χ3v) is 7.75. The molecule has 0 bridgehead atoms. The van der Waals surface area contributed by atoms with Crippen LogP contribution in [-0.2, 0) is 10.0 Å². The fraction of sp³-hybridized carbons (Fsp3) is 0.240. The maximum absolute atomic E-state index is 14.8. The van der Waals surface area contributed by atoms with E-state index in [1.54, 1.807) is 16.9 Å². The second-order valence-electron chi connectivity index (χ2n) is 8.61. The van der Waals surface area contributed by atoms with Gasteiger partial charge in [-0.25, -0.2) is 26.7 Å². The first-order valence-corrected chi connectivity index (χ1v) is 13.2. The third kappa shape index (κ3) is 6.20. The molecule has 200 valence electrons. The number of nitrogens with one attached hydrogen (secondary N) is 1. The first kappa shape index (κ1) is 27.3. The molecule has 0 aliphatic carbocycles. The first-order chi connectivity index (χ1) is 18.0. The van der Waals surface area contributed by atoms with Crippen molar-refractivity contribution in [2.75, 3.05) is 19.7 Å². The zero-order valence-corrected chi connectivity index (χ0v) is 21.3. The van der Waals surface area contributed by atoms with Gasteiger partial charge in [0.15, 0.2) is 11.6 Å². The number of ether oxygens (including phenoxy) is 1. The summed E-state index contributed by atoms with van der Waals surface area (Å²) < 4.78 is 61.9. The number of carbonyl (C=O) groups is 2. The maximum Gasteiger partial charge on any atom is 0.407 e. The Kier molecular flexibility index (Phi) is 8.12. The van der Waals surface area contributed by atoms with Crippen molar-refractivity contribution < 1.29 is 36.6 Å². The number of carboxylic acid groups (broad SMARTS) is 1. The molecule has 1 fully saturated rings. The molecule has 2 atom stereocenters. The molecule has 0 spiro atoms. The molecular weight excluding hydrogens is 544 g/mol. The lowest BCUT2D eigenvalue weighted by molar-refractivity contribution is 0.0927. The van der Waals surface area contributed by atoms with E-state index in [9.17, 15) is 31.9 Å². The van der Waals surface area contributed by atoms with Crippen LogP contribution in [0.15, 0.2) is 65.7 Å². The Labute approximate surface area is 222 Å². The average molecular weight is 566 g/mol. The van der Waals surface area contributed by atoms with Crippen LogP contribution in [0.3, 0.4) is 0 Å². The molecule has 4 rings (SSSR count). The van der Waals surface area contributed by atoms with Crippen molar-refractivity contribution in [3.63, 3.8) is 0 Å². The summed E-state index contributed by atoms with van der Waals surface area (Å²) in [5.74, 6) is -4.74. The molecule has 1 aliphatic rings. The molecule has 0 radical (unpaired) electrons. The number of sulfonamides is 1. The lowest BCUT2D eigenvalue weighted by Crippen LogP contribution is -2.44. The predicted molar refractivity (Wildman–Crippen MR) is 133 cm³/mol. The number of piperidine rings is 1. The zero-order chi connectivity index (χ0) is 27.4. The van der Waals surface area contributed by atoms with Gasteiger partial charge in [-0.05, 0) is 42.2 Å². The molecule has 1 aliphatic heterocycles. The highest BCUT2D eigenvalue weighted by Gasteiger charge is 2.33. The van der Waals surface area contributed by atoms with Crippen molar-refractivity contribution in [2.24, 2.45) is 5.92 Å². The van der Waals surface area contributed by atoms with Crippen molar-refractivity contribution in [3.8, 4) is 5.75 Å². The minimum Gasteiger partial charge on any atom is -0.490 e. The quantitative estimate of drug-likeness (QED) is 0.437. The second kappa shape index (κ2) is 11.3. The van der Waals surface area contributed by atoms with E-state index in [2.05, 4.69) is 4.98 Å². The van der Waals surface area contributed by atoms with Gasteiger partial charge in [0.05, 0.1) is 6.61 Å². The van der Waals surface area contributed by atoms with Crippen molar-refractivity contribution in [2.45, 2.75) is 17.2 Å². The number of halogens is 3. The zero-order valence-electron chi connectivity index (χ0n) is 19.7. The Morgan fingerprint density at radius 3 is 2.53 bits per heavy atom. The summed E-state index contributed by atoms with van der Waals surface area (Å²) in [6, 6.07) is 12.3. The highest BCUT2D eigenvalue weighted by molar-refractivity contribution is 7.90. The highest BCUT2D eigenvalue weighted by Crippen LogP contribution is 2.35. The summed E-state index contributed by atoms with van der Waals surface area (Å²) in [4.78, 5) is 27.5. The number of likely N-dealkylation sites (tertiary alicyclic amines) is 1. The molecule has 2 unspecified atom stereocenters. The number of aromatic nitrogens is 1. The van der Waals surface area contributed by atoms with Gasteiger partial charge in [0.25, 0.3) is 15.9 Å². The van der Waals surface area contributed by atoms with Gasteiger partial charge >= 0.3 is 6.09 Å². The molecule has 2 amide bonds. The summed E-state index contributed by atoms with van der Waals surface area (Å²) >= 11 is 5.97. The largest absolute Gasteiger partial charge is 0.490 e. The van der Waals surface area contributed by atoms with Crippen LogP contribution >= 0.6 is 11.6 Å². The molecule has 2 aromatic carbocycles. The first-order valence-electron chi connectivity index (χ1n) is 11.4. The van der Waals surface area contributed by atoms with Crippen LogP contribution < -0.4 is 9.46 Å². The van der Waals surface area contributed by atoms with E-state index >= 15 is 0 Å². The third-order valence-electron chi connectivity index (χ3n) is 6.16. The Balaban J connectivity index is 1.52. The van der Waals surface area contributed by atoms with Gasteiger partial charge in [-0.1, -0.05) is 29.8 Å². The van der Waals surface area contributed by atoms with Gasteiger partial charge in [0, 0.05) is 42.4 Å². The lowest BCUT2D eigenvalue weighted by atomic mass is 9.81. The number of carbonyl (C=O) groups excluding carboxylic acids is 1. The van der Waals surface area contributed by atoms with Crippen LogP contribution in [0.25, 0.3) is 0 Å². The molecule has 1 saturated heterocycles. The number of hydrogen-bond acceptors (Lipinski definition) is 6. The van der Waals surface area contributed by atoms with Gasteiger partial charge in [0.2, 0.25) is 0 Å². The number of benzene rings is 2. The van der Waals surface area contributed by atoms with Gasteiger partial charge in [-0.15, -0.1) is 0 Å². The Bertz CT molecular complexity index is 1440. The fourth-order valence-electron chi connectivity index (χ4n) is 4.27. The van der Waals surface area contributed by atoms with E-state index in [0.717, 1.165) is 5.56 Å². The van der Waals surface area contributed by atoms with Crippen molar-refractivity contribution in [3.05, 3.63) is 88.7 Å². The normalized spacial score (nSPS) is 17.6. The van der Waals surface area contributed by atoms with Crippen LogP contribution in [0.5, 0.6) is 5.75 Å². The van der Waals surface area contributed by atoms with Crippen LogP contribution in [0.4, 0.5) is 13.6 Å². The van der Waals surface area contributed by atoms with Crippen LogP contribution in [0.1, 0.15) is 28.4 Å². The number of hydrogen-bond donors (Lipinski definition) is 2. The number of pyridine rings is 1. The Hall–Kier alpha value is -3.77. The van der Waals surface area contributed by atoms with Crippen molar-refractivity contribution >= 4 is 33.6 Å². The van der Waals surface area contributed by atoms with Gasteiger partial charge < -0.3 is 14.7 Å². The molecule has 2 heterocycles. The van der Waals surface area contributed by atoms with Crippen LogP contribution in [0.2, 0.25) is 5.02 Å². The molecular formula is C25H22ClF2N3O6S. The van der Waals surface area contributed by atoms with Crippen molar-refractivity contribution in [1.82, 2.24) is 14.6 Å². The summed E-state index contributed by atoms with van der Waals surface area (Å²) in [6.45, 7) is 0.216. The maximum atomic E-state index is 14.8. The summed E-state index contributed by atoms with van der Waals surface area (Å²) in [7, 11) is -4.77. The Morgan fingerprint density at radius 2 is 1.87 bits per heavy atom. The molecule has 0 saturated carbocycles. The minimum atomic E-state index is -4.77. The Morgan fingerprint density at radius 1 is 1.13 bits per heavy atom. The summed E-state index contributed by atoms with van der Waals surface area (Å²) in [6.07, 6.45) is 0.642. The molecule has 3 aromatic rings. The topological polar surface area (TPSA) is 126 Å². The van der Waals surface area contributed by atoms with Crippen LogP contribution in [0, 0.1) is 17.6 Å². The minimum absolute atomic E-state index is 0.0960. The fourth-order valence-corrected chi connectivity index (χ4v) is 5.43. The summed E-state index contributed by atoms with van der Waals surface area (Å²) in [5.41, 5.74) is 0.666. The van der Waals surface area contributed by atoms with Gasteiger partial charge in [0.1, 0.15) is 16.4 Å². The SMILES string of the molecule is O=C(NS(=O)(=O)c1cc(F)c(OCC2CN(C(=O)O)CCC2c2ccc(Cl)cc2)cc1F)c1ccccn1. The smallest absolute Gasteiger partial charge is 0.407 e. The van der Waals surface area contributed by atoms with Gasteiger partial charge in [-0.2, -0.15) is 0 Å². The highest BCUT2D eigenvalue weighted by atomic mass is 35.5. The molecule has 2 N–H and O–H groups in total. The van der Waals surface area contributed by atoms with E-state index in [4.69, 9.17) is 16.3 Å². The number of rotatable bonds is 7. The molecule has 13 heteroatoms. The lowest BCUT2D eigenvalue weighted by Gasteiger charge is -2.37. The van der Waals surface area contributed by atoms with E-state index in [1.165, 1.54) is 29.3 Å². The predicted octanol–water partition coefficient (Wildman–Crippen LogP) is 4.29. The van der Waals surface area contributed by atoms with E-state index in [-0.39, 0.29) is 24.8 Å². The van der Waals surface area contributed by atoms with E-state index in [1.807, 2.05) is 12.1 Å². The number of nitrogens with zero attached hydrogens (tertiary/aromatic N) is 2. The summed E-state index contributed by atoms with van der Waals surface area (Å²) in [5, 5.41) is 9.96. The van der Waals surface area contributed by atoms with E-state index < -0.39 is 50.2 Å². The van der Waals surface area contributed by atoms with Gasteiger partial charge in [-0.3, -0.25) is 9.78 Å². The van der Waals surface area contributed by atoms with Crippen molar-refractivity contribution in [1.29, 1.82) is 0 Å². The molecule has 9 nitrogen and oxygen atoms in total. The molecule has 1 aromatic heterocycles. The van der Waals surface area contributed by atoms with Crippen LogP contribution in [-0.4, -0.2) is 55.1 Å². The standard InChI is InChI=1S/C25H22ClF2N3O6S/c26-17-6-4-15(5-7-17)18-8-10-31(25(33)34)13-16(18)14-37-22-11-20(28)23(12-19(22)27)38(35,36)30-24(32)21-3-1-2-9-29-21/h1-7,9,11-12,16,18H,8,10,13-14H2,(H,30,32)(H,33,34). The van der Waals surface area contributed by atoms with E-state index in [0.29, 0.717) is 30.1 Å². The average Bonchev–Trinajstić information content (AvgIpc) is 2.89.